The molecule has 0 aliphatic carbocycles. The SMILES string of the molecule is COc1ccccc1C(=O)NNC(=O)CNC(=O)c1cccs1. The van der Waals surface area contributed by atoms with Crippen LogP contribution in [0.25, 0.3) is 0 Å². The fraction of sp³-hybridized carbons (Fsp3) is 0.133. The van der Waals surface area contributed by atoms with Crippen molar-refractivity contribution in [1.82, 2.24) is 16.2 Å². The first-order valence-electron chi connectivity index (χ1n) is 6.65. The van der Waals surface area contributed by atoms with Crippen LogP contribution in [-0.4, -0.2) is 31.4 Å². The number of benzene rings is 1. The summed E-state index contributed by atoms with van der Waals surface area (Å²) >= 11 is 1.27. The minimum Gasteiger partial charge on any atom is -0.496 e. The van der Waals surface area contributed by atoms with Crippen molar-refractivity contribution in [2.45, 2.75) is 0 Å². The molecule has 0 radical (unpaired) electrons. The first kappa shape index (κ1) is 16.5. The molecular weight excluding hydrogens is 318 g/mol. The molecule has 3 N–H and O–H groups in total. The Bertz CT molecular complexity index is 701. The lowest BCUT2D eigenvalue weighted by Crippen LogP contribution is -2.46. The van der Waals surface area contributed by atoms with Gasteiger partial charge >= 0.3 is 0 Å². The highest BCUT2D eigenvalue weighted by atomic mass is 32.1. The quantitative estimate of drug-likeness (QED) is 0.710. The van der Waals surface area contributed by atoms with Gasteiger partial charge in [-0.15, -0.1) is 11.3 Å². The van der Waals surface area contributed by atoms with Crippen LogP contribution >= 0.6 is 11.3 Å². The third-order valence-corrected chi connectivity index (χ3v) is 3.69. The monoisotopic (exact) mass is 333 g/mol. The molecular formula is C15H15N3O4S. The van der Waals surface area contributed by atoms with Crippen LogP contribution in [0.1, 0.15) is 20.0 Å². The maximum Gasteiger partial charge on any atom is 0.273 e. The molecule has 0 aliphatic rings. The Balaban J connectivity index is 1.80. The molecule has 0 unspecified atom stereocenters. The van der Waals surface area contributed by atoms with E-state index in [4.69, 9.17) is 4.74 Å². The number of thiophene rings is 1. The average molecular weight is 333 g/mol. The van der Waals surface area contributed by atoms with Crippen LogP contribution in [0.2, 0.25) is 0 Å². The Hall–Kier alpha value is -2.87. The van der Waals surface area contributed by atoms with Crippen molar-refractivity contribution in [3.63, 3.8) is 0 Å². The Kier molecular flexibility index (Phi) is 5.70. The molecule has 0 spiro atoms. The molecule has 0 saturated heterocycles. The van der Waals surface area contributed by atoms with Crippen LogP contribution in [0.4, 0.5) is 0 Å². The summed E-state index contributed by atoms with van der Waals surface area (Å²) in [6.07, 6.45) is 0. The van der Waals surface area contributed by atoms with Gasteiger partial charge in [-0.25, -0.2) is 0 Å². The summed E-state index contributed by atoms with van der Waals surface area (Å²) < 4.78 is 5.06. The second-order valence-electron chi connectivity index (χ2n) is 4.36. The third-order valence-electron chi connectivity index (χ3n) is 2.82. The Morgan fingerprint density at radius 1 is 1.04 bits per heavy atom. The van der Waals surface area contributed by atoms with E-state index < -0.39 is 11.8 Å². The van der Waals surface area contributed by atoms with Gasteiger partial charge in [0.15, 0.2) is 0 Å². The summed E-state index contributed by atoms with van der Waals surface area (Å²) in [7, 11) is 1.45. The smallest absolute Gasteiger partial charge is 0.273 e. The van der Waals surface area contributed by atoms with E-state index in [1.165, 1.54) is 18.4 Å². The van der Waals surface area contributed by atoms with Crippen LogP contribution in [0.3, 0.4) is 0 Å². The zero-order chi connectivity index (χ0) is 16.7. The number of amides is 3. The number of ether oxygens (including phenoxy) is 1. The van der Waals surface area contributed by atoms with Gasteiger partial charge in [-0.2, -0.15) is 0 Å². The highest BCUT2D eigenvalue weighted by Crippen LogP contribution is 2.16. The normalized spacial score (nSPS) is 9.78. The predicted octanol–water partition coefficient (Wildman–Crippen LogP) is 0.948. The lowest BCUT2D eigenvalue weighted by atomic mass is 10.2. The molecule has 120 valence electrons. The summed E-state index contributed by atoms with van der Waals surface area (Å²) in [6, 6.07) is 10.0. The molecule has 0 bridgehead atoms. The zero-order valence-electron chi connectivity index (χ0n) is 12.3. The van der Waals surface area contributed by atoms with Crippen molar-refractivity contribution in [3.05, 3.63) is 52.2 Å². The van der Waals surface area contributed by atoms with E-state index in [0.717, 1.165) is 0 Å². The van der Waals surface area contributed by atoms with E-state index in [9.17, 15) is 14.4 Å². The lowest BCUT2D eigenvalue weighted by Gasteiger charge is -2.10. The van der Waals surface area contributed by atoms with Gasteiger partial charge in [-0.1, -0.05) is 18.2 Å². The molecule has 3 amide bonds. The molecule has 0 saturated carbocycles. The molecule has 1 aromatic carbocycles. The zero-order valence-corrected chi connectivity index (χ0v) is 13.1. The molecule has 2 aromatic rings. The van der Waals surface area contributed by atoms with E-state index in [1.54, 1.807) is 41.8 Å². The molecule has 0 aliphatic heterocycles. The number of hydrazine groups is 1. The summed E-state index contributed by atoms with van der Waals surface area (Å²) in [5.41, 5.74) is 4.78. The number of carbonyl (C=O) groups is 3. The second-order valence-corrected chi connectivity index (χ2v) is 5.31. The van der Waals surface area contributed by atoms with Crippen LogP contribution < -0.4 is 20.9 Å². The standard InChI is InChI=1S/C15H15N3O4S/c1-22-11-6-3-2-5-10(11)14(20)18-17-13(19)9-16-15(21)12-7-4-8-23-12/h2-8H,9H2,1H3,(H,16,21)(H,17,19)(H,18,20). The van der Waals surface area contributed by atoms with E-state index in [1.807, 2.05) is 0 Å². The van der Waals surface area contributed by atoms with Gasteiger partial charge in [0.2, 0.25) is 0 Å². The number of carbonyl (C=O) groups excluding carboxylic acids is 3. The minimum absolute atomic E-state index is 0.247. The fourth-order valence-electron chi connectivity index (χ4n) is 1.73. The molecule has 1 aromatic heterocycles. The van der Waals surface area contributed by atoms with Crippen LogP contribution in [0.15, 0.2) is 41.8 Å². The van der Waals surface area contributed by atoms with Crippen molar-refractivity contribution < 1.29 is 19.1 Å². The number of para-hydroxylation sites is 1. The maximum absolute atomic E-state index is 12.0. The maximum atomic E-state index is 12.0. The highest BCUT2D eigenvalue weighted by Gasteiger charge is 2.13. The van der Waals surface area contributed by atoms with Gasteiger partial charge in [-0.05, 0) is 23.6 Å². The van der Waals surface area contributed by atoms with Crippen LogP contribution in [0, 0.1) is 0 Å². The highest BCUT2D eigenvalue weighted by molar-refractivity contribution is 7.12. The van der Waals surface area contributed by atoms with Gasteiger partial charge in [0.05, 0.1) is 24.1 Å². The number of hydrogen-bond acceptors (Lipinski definition) is 5. The number of rotatable bonds is 5. The molecule has 23 heavy (non-hydrogen) atoms. The van der Waals surface area contributed by atoms with E-state index in [-0.39, 0.29) is 18.0 Å². The minimum atomic E-state index is -0.543. The topological polar surface area (TPSA) is 96.5 Å². The molecule has 8 heteroatoms. The first-order chi connectivity index (χ1) is 11.1. The van der Waals surface area contributed by atoms with Crippen molar-refractivity contribution >= 4 is 29.1 Å². The van der Waals surface area contributed by atoms with Gasteiger partial charge in [-0.3, -0.25) is 25.2 Å². The number of nitrogens with one attached hydrogen (secondary N) is 3. The largest absolute Gasteiger partial charge is 0.496 e. The predicted molar refractivity (Wildman–Crippen MR) is 85.3 cm³/mol. The Morgan fingerprint density at radius 2 is 1.83 bits per heavy atom. The van der Waals surface area contributed by atoms with Crippen molar-refractivity contribution in [2.24, 2.45) is 0 Å². The average Bonchev–Trinajstić information content (AvgIpc) is 3.12. The molecule has 0 fully saturated rings. The second kappa shape index (κ2) is 7.95. The van der Waals surface area contributed by atoms with E-state index >= 15 is 0 Å². The Morgan fingerprint density at radius 3 is 2.52 bits per heavy atom. The summed E-state index contributed by atoms with van der Waals surface area (Å²) in [5, 5.41) is 4.22. The van der Waals surface area contributed by atoms with Crippen molar-refractivity contribution in [2.75, 3.05) is 13.7 Å². The Labute approximate surface area is 136 Å². The summed E-state index contributed by atoms with van der Waals surface area (Å²) in [4.78, 5) is 35.8. The van der Waals surface area contributed by atoms with Crippen LogP contribution in [-0.2, 0) is 4.79 Å². The van der Waals surface area contributed by atoms with Gasteiger partial charge in [0.25, 0.3) is 17.7 Å². The third kappa shape index (κ3) is 4.55. The number of hydrogen-bond donors (Lipinski definition) is 3. The first-order valence-corrected chi connectivity index (χ1v) is 7.53. The van der Waals surface area contributed by atoms with Gasteiger partial charge in [0.1, 0.15) is 5.75 Å². The summed E-state index contributed by atoms with van der Waals surface area (Å²) in [6.45, 7) is -0.247. The molecule has 2 rings (SSSR count). The van der Waals surface area contributed by atoms with Gasteiger partial charge < -0.3 is 10.1 Å². The van der Waals surface area contributed by atoms with Crippen molar-refractivity contribution in [1.29, 1.82) is 0 Å². The van der Waals surface area contributed by atoms with Crippen molar-refractivity contribution in [3.8, 4) is 5.75 Å². The van der Waals surface area contributed by atoms with Crippen LogP contribution in [0.5, 0.6) is 5.75 Å². The van der Waals surface area contributed by atoms with E-state index in [2.05, 4.69) is 16.2 Å². The fourth-order valence-corrected chi connectivity index (χ4v) is 2.37. The number of methoxy groups -OCH3 is 1. The molecule has 1 heterocycles. The van der Waals surface area contributed by atoms with E-state index in [0.29, 0.717) is 10.6 Å². The lowest BCUT2D eigenvalue weighted by molar-refractivity contribution is -0.120. The molecule has 0 atom stereocenters. The molecule has 7 nitrogen and oxygen atoms in total. The van der Waals surface area contributed by atoms with Gasteiger partial charge in [0, 0.05) is 0 Å². The summed E-state index contributed by atoms with van der Waals surface area (Å²) in [5.74, 6) is -1.00.